The maximum atomic E-state index is 13.2. The van der Waals surface area contributed by atoms with Crippen molar-refractivity contribution < 1.29 is 23.1 Å². The van der Waals surface area contributed by atoms with Crippen LogP contribution in [0.4, 0.5) is 4.39 Å². The Morgan fingerprint density at radius 3 is 2.39 bits per heavy atom. The topological polar surface area (TPSA) is 87.9 Å². The van der Waals surface area contributed by atoms with Crippen molar-refractivity contribution in [2.75, 3.05) is 26.2 Å². The van der Waals surface area contributed by atoms with Crippen LogP contribution in [0.25, 0.3) is 11.0 Å². The molecule has 2 aromatic heterocycles. The number of likely N-dealkylation sites (tertiary alicyclic amines) is 2. The maximum Gasteiger partial charge on any atom is 0.287 e. The van der Waals surface area contributed by atoms with Crippen molar-refractivity contribution in [3.05, 3.63) is 95.8 Å². The van der Waals surface area contributed by atoms with Crippen molar-refractivity contribution in [3.8, 4) is 5.75 Å². The molecule has 2 aromatic carbocycles. The van der Waals surface area contributed by atoms with Gasteiger partial charge in [-0.3, -0.25) is 19.5 Å². The predicted molar refractivity (Wildman–Crippen MR) is 152 cm³/mol. The standard InChI is InChI=1S/C32H33FN4O4/c33-25-2-4-27(5-3-25)40-28-11-17-37(18-12-28)32(39)23-1-6-29-24(19-23)20-30(41-29)31(38)35-26-9-15-36(16-10-26)21-22-7-13-34-14-8-22/h1-8,13-14,19-20,26,28H,9-12,15-18,21H2,(H,35,38). The maximum absolute atomic E-state index is 13.2. The van der Waals surface area contributed by atoms with Gasteiger partial charge in [-0.2, -0.15) is 0 Å². The number of halogens is 1. The van der Waals surface area contributed by atoms with Crippen molar-refractivity contribution in [2.45, 2.75) is 44.4 Å². The second kappa shape index (κ2) is 12.1. The van der Waals surface area contributed by atoms with Gasteiger partial charge in [-0.05, 0) is 79.1 Å². The molecule has 0 atom stereocenters. The molecule has 0 radical (unpaired) electrons. The highest BCUT2D eigenvalue weighted by molar-refractivity contribution is 6.00. The number of aromatic nitrogens is 1. The van der Waals surface area contributed by atoms with Crippen LogP contribution in [-0.4, -0.2) is 64.9 Å². The van der Waals surface area contributed by atoms with Crippen LogP contribution >= 0.6 is 0 Å². The number of carbonyl (C=O) groups excluding carboxylic acids is 2. The second-order valence-corrected chi connectivity index (χ2v) is 10.8. The fourth-order valence-corrected chi connectivity index (χ4v) is 5.59. The van der Waals surface area contributed by atoms with E-state index in [9.17, 15) is 14.0 Å². The van der Waals surface area contributed by atoms with Crippen LogP contribution in [0.3, 0.4) is 0 Å². The van der Waals surface area contributed by atoms with Crippen LogP contribution in [-0.2, 0) is 6.54 Å². The van der Waals surface area contributed by atoms with E-state index in [0.29, 0.717) is 42.8 Å². The molecule has 1 N–H and O–H groups in total. The summed E-state index contributed by atoms with van der Waals surface area (Å²) in [5.74, 6) is 0.298. The summed E-state index contributed by atoms with van der Waals surface area (Å²) in [6.45, 7) is 3.85. The first kappa shape index (κ1) is 27.0. The van der Waals surface area contributed by atoms with Crippen LogP contribution in [0.2, 0.25) is 0 Å². The van der Waals surface area contributed by atoms with E-state index in [1.807, 2.05) is 29.4 Å². The first-order valence-corrected chi connectivity index (χ1v) is 14.2. The Kier molecular flexibility index (Phi) is 7.95. The van der Waals surface area contributed by atoms with E-state index in [-0.39, 0.29) is 35.5 Å². The number of nitrogens with zero attached hydrogens (tertiary/aromatic N) is 3. The van der Waals surface area contributed by atoms with Crippen LogP contribution in [0.1, 0.15) is 52.2 Å². The van der Waals surface area contributed by atoms with Gasteiger partial charge >= 0.3 is 0 Å². The van der Waals surface area contributed by atoms with E-state index in [1.54, 1.807) is 36.4 Å². The highest BCUT2D eigenvalue weighted by atomic mass is 19.1. The average Bonchev–Trinajstić information content (AvgIpc) is 3.44. The molecule has 8 nitrogen and oxygen atoms in total. The number of fused-ring (bicyclic) bond motifs is 1. The molecule has 0 unspecified atom stereocenters. The number of amides is 2. The van der Waals surface area contributed by atoms with Gasteiger partial charge < -0.3 is 19.4 Å². The molecular formula is C32H33FN4O4. The minimum atomic E-state index is -0.297. The van der Waals surface area contributed by atoms with Crippen LogP contribution < -0.4 is 10.1 Å². The smallest absolute Gasteiger partial charge is 0.287 e. The Labute approximate surface area is 238 Å². The number of carbonyl (C=O) groups is 2. The van der Waals surface area contributed by atoms with Gasteiger partial charge in [0.15, 0.2) is 5.76 Å². The van der Waals surface area contributed by atoms with Gasteiger partial charge in [0.05, 0.1) is 0 Å². The van der Waals surface area contributed by atoms with Crippen LogP contribution in [0, 0.1) is 5.82 Å². The molecule has 9 heteroatoms. The Hall–Kier alpha value is -4.24. The summed E-state index contributed by atoms with van der Waals surface area (Å²) in [6.07, 6.45) is 6.75. The molecule has 2 saturated heterocycles. The zero-order valence-electron chi connectivity index (χ0n) is 22.8. The summed E-state index contributed by atoms with van der Waals surface area (Å²) in [7, 11) is 0. The Bertz CT molecular complexity index is 1490. The van der Waals surface area contributed by atoms with Gasteiger partial charge in [0.2, 0.25) is 0 Å². The van der Waals surface area contributed by atoms with Gasteiger partial charge in [-0.15, -0.1) is 0 Å². The molecule has 4 heterocycles. The highest BCUT2D eigenvalue weighted by Crippen LogP contribution is 2.25. The number of ether oxygens (including phenoxy) is 1. The van der Waals surface area contributed by atoms with Crippen molar-refractivity contribution in [1.82, 2.24) is 20.1 Å². The first-order valence-electron chi connectivity index (χ1n) is 14.2. The first-order chi connectivity index (χ1) is 20.0. The van der Waals surface area contributed by atoms with Crippen molar-refractivity contribution in [2.24, 2.45) is 0 Å². The zero-order valence-corrected chi connectivity index (χ0v) is 22.8. The molecule has 2 aliphatic heterocycles. The highest BCUT2D eigenvalue weighted by Gasteiger charge is 2.26. The fraction of sp³-hybridized carbons (Fsp3) is 0.344. The number of rotatable bonds is 7. The van der Waals surface area contributed by atoms with Crippen molar-refractivity contribution >= 4 is 22.8 Å². The molecule has 4 aromatic rings. The van der Waals surface area contributed by atoms with E-state index in [1.165, 1.54) is 17.7 Å². The Morgan fingerprint density at radius 1 is 0.927 bits per heavy atom. The lowest BCUT2D eigenvalue weighted by molar-refractivity contribution is 0.0595. The van der Waals surface area contributed by atoms with E-state index >= 15 is 0 Å². The van der Waals surface area contributed by atoms with E-state index in [4.69, 9.17) is 9.15 Å². The summed E-state index contributed by atoms with van der Waals surface area (Å²) in [5, 5.41) is 3.84. The van der Waals surface area contributed by atoms with Crippen molar-refractivity contribution in [3.63, 3.8) is 0 Å². The largest absolute Gasteiger partial charge is 0.490 e. The third-order valence-electron chi connectivity index (χ3n) is 7.91. The number of piperidine rings is 2. The molecule has 6 rings (SSSR count). The van der Waals surface area contributed by atoms with Gasteiger partial charge in [0, 0.05) is 75.0 Å². The zero-order chi connectivity index (χ0) is 28.2. The summed E-state index contributed by atoms with van der Waals surface area (Å²) in [5.41, 5.74) is 2.37. The minimum Gasteiger partial charge on any atom is -0.490 e. The second-order valence-electron chi connectivity index (χ2n) is 10.8. The lowest BCUT2D eigenvalue weighted by Gasteiger charge is -2.32. The average molecular weight is 557 g/mol. The minimum absolute atomic E-state index is 0.0180. The Morgan fingerprint density at radius 2 is 1.66 bits per heavy atom. The number of hydrogen-bond donors (Lipinski definition) is 1. The van der Waals surface area contributed by atoms with E-state index < -0.39 is 0 Å². The lowest BCUT2D eigenvalue weighted by atomic mass is 10.0. The third-order valence-corrected chi connectivity index (χ3v) is 7.91. The molecule has 2 amide bonds. The summed E-state index contributed by atoms with van der Waals surface area (Å²) in [4.78, 5) is 34.5. The van der Waals surface area contributed by atoms with Crippen LogP contribution in [0.15, 0.2) is 77.5 Å². The molecule has 0 spiro atoms. The van der Waals surface area contributed by atoms with Gasteiger partial charge in [-0.25, -0.2) is 4.39 Å². The SMILES string of the molecule is O=C(NC1CCN(Cc2ccncc2)CC1)c1cc2cc(C(=O)N3CCC(Oc4ccc(F)cc4)CC3)ccc2o1. The predicted octanol–water partition coefficient (Wildman–Crippen LogP) is 5.04. The fourth-order valence-electron chi connectivity index (χ4n) is 5.59. The number of furan rings is 1. The molecule has 0 saturated carbocycles. The van der Waals surface area contributed by atoms with Gasteiger partial charge in [0.25, 0.3) is 11.8 Å². The van der Waals surface area contributed by atoms with Gasteiger partial charge in [-0.1, -0.05) is 0 Å². The Balaban J connectivity index is 1.01. The van der Waals surface area contributed by atoms with E-state index in [0.717, 1.165) is 37.9 Å². The molecule has 212 valence electrons. The molecule has 0 aliphatic carbocycles. The molecule has 0 bridgehead atoms. The number of nitrogens with one attached hydrogen (secondary N) is 1. The number of hydrogen-bond acceptors (Lipinski definition) is 6. The lowest BCUT2D eigenvalue weighted by Crippen LogP contribution is -2.44. The van der Waals surface area contributed by atoms with Crippen LogP contribution in [0.5, 0.6) is 5.75 Å². The number of pyridine rings is 1. The third kappa shape index (κ3) is 6.57. The summed E-state index contributed by atoms with van der Waals surface area (Å²) < 4.78 is 24.9. The quantitative estimate of drug-likeness (QED) is 0.343. The van der Waals surface area contributed by atoms with Crippen molar-refractivity contribution in [1.29, 1.82) is 0 Å². The summed E-state index contributed by atoms with van der Waals surface area (Å²) in [6, 6.07) is 17.2. The number of benzene rings is 2. The monoisotopic (exact) mass is 556 g/mol. The molecule has 2 fully saturated rings. The normalized spacial score (nSPS) is 17.0. The van der Waals surface area contributed by atoms with E-state index in [2.05, 4.69) is 15.2 Å². The molecule has 41 heavy (non-hydrogen) atoms. The van der Waals surface area contributed by atoms with Gasteiger partial charge in [0.1, 0.15) is 23.3 Å². The molecular weight excluding hydrogens is 523 g/mol. The molecule has 2 aliphatic rings. The summed E-state index contributed by atoms with van der Waals surface area (Å²) >= 11 is 0.